The summed E-state index contributed by atoms with van der Waals surface area (Å²) in [5, 5.41) is 3.38. The summed E-state index contributed by atoms with van der Waals surface area (Å²) < 4.78 is 0. The number of rotatable bonds is 4. The Bertz CT molecular complexity index is 451. The van der Waals surface area contributed by atoms with Crippen LogP contribution in [0.1, 0.15) is 12.0 Å². The van der Waals surface area contributed by atoms with Crippen LogP contribution in [0, 0.1) is 0 Å². The van der Waals surface area contributed by atoms with Crippen molar-refractivity contribution in [2.24, 2.45) is 5.90 Å². The van der Waals surface area contributed by atoms with Crippen LogP contribution in [0.5, 0.6) is 0 Å². The zero-order chi connectivity index (χ0) is 13.2. The normalized spacial score (nSPS) is 26.7. The third-order valence-corrected chi connectivity index (χ3v) is 4.04. The van der Waals surface area contributed by atoms with Gasteiger partial charge in [0.15, 0.2) is 6.10 Å². The van der Waals surface area contributed by atoms with Crippen LogP contribution in [-0.4, -0.2) is 42.1 Å². The zero-order valence-electron chi connectivity index (χ0n) is 10.8. The van der Waals surface area contributed by atoms with E-state index in [4.69, 9.17) is 10.7 Å². The maximum atomic E-state index is 12.5. The maximum absolute atomic E-state index is 12.5. The minimum absolute atomic E-state index is 0.0142. The second-order valence-corrected chi connectivity index (χ2v) is 5.30. The molecule has 1 aromatic carbocycles. The van der Waals surface area contributed by atoms with Gasteiger partial charge in [-0.15, -0.1) is 0 Å². The van der Waals surface area contributed by atoms with Crippen molar-refractivity contribution in [2.75, 3.05) is 13.1 Å². The third-order valence-electron chi connectivity index (χ3n) is 4.04. The number of carbonyl (C=O) groups excluding carboxylic acids is 1. The van der Waals surface area contributed by atoms with Gasteiger partial charge in [-0.05, 0) is 12.0 Å². The average molecular weight is 261 g/mol. The number of piperazine rings is 1. The smallest absolute Gasteiger partial charge is 0.254 e. The van der Waals surface area contributed by atoms with Gasteiger partial charge in [0, 0.05) is 31.6 Å². The summed E-state index contributed by atoms with van der Waals surface area (Å²) in [6.45, 7) is 1.66. The number of likely N-dealkylation sites (tertiary alicyclic amines) is 1. The Hall–Kier alpha value is -1.43. The van der Waals surface area contributed by atoms with Gasteiger partial charge in [0.25, 0.3) is 5.91 Å². The molecule has 0 saturated carbocycles. The second kappa shape index (κ2) is 5.28. The molecule has 2 aliphatic heterocycles. The van der Waals surface area contributed by atoms with Gasteiger partial charge in [-0.2, -0.15) is 0 Å². The molecule has 3 N–H and O–H groups in total. The predicted octanol–water partition coefficient (Wildman–Crippen LogP) is 0.0607. The van der Waals surface area contributed by atoms with Gasteiger partial charge in [0.1, 0.15) is 0 Å². The number of benzene rings is 1. The summed E-state index contributed by atoms with van der Waals surface area (Å²) in [7, 11) is 0. The molecule has 3 rings (SSSR count). The molecule has 0 radical (unpaired) electrons. The standard InChI is InChI=1S/C14H19N3O2/c15-19-13(6-10-4-2-1-3-5-10)14(18)17-9-11-7-12(17)8-16-11/h1-5,11-13,16H,6-9,15H2/t11-,12-,13?/m0/s1. The minimum atomic E-state index is -0.582. The van der Waals surface area contributed by atoms with E-state index >= 15 is 0 Å². The van der Waals surface area contributed by atoms with E-state index in [0.717, 1.165) is 25.1 Å². The molecule has 3 atom stereocenters. The van der Waals surface area contributed by atoms with Gasteiger partial charge in [-0.25, -0.2) is 5.90 Å². The summed E-state index contributed by atoms with van der Waals surface area (Å²) in [5.41, 5.74) is 1.06. The monoisotopic (exact) mass is 261 g/mol. The molecule has 5 nitrogen and oxygen atoms in total. The van der Waals surface area contributed by atoms with Crippen LogP contribution in [0.2, 0.25) is 0 Å². The summed E-state index contributed by atoms with van der Waals surface area (Å²) >= 11 is 0. The fraction of sp³-hybridized carbons (Fsp3) is 0.500. The van der Waals surface area contributed by atoms with Gasteiger partial charge < -0.3 is 10.2 Å². The van der Waals surface area contributed by atoms with E-state index < -0.39 is 6.10 Å². The summed E-state index contributed by atoms with van der Waals surface area (Å²) in [5.74, 6) is 5.34. The van der Waals surface area contributed by atoms with Crippen LogP contribution >= 0.6 is 0 Å². The maximum Gasteiger partial charge on any atom is 0.254 e. The van der Waals surface area contributed by atoms with Crippen molar-refractivity contribution in [1.82, 2.24) is 10.2 Å². The molecule has 2 bridgehead atoms. The van der Waals surface area contributed by atoms with Crippen molar-refractivity contribution in [1.29, 1.82) is 0 Å². The van der Waals surface area contributed by atoms with Crippen LogP contribution in [0.4, 0.5) is 0 Å². The Morgan fingerprint density at radius 2 is 2.26 bits per heavy atom. The van der Waals surface area contributed by atoms with E-state index in [1.807, 2.05) is 35.2 Å². The molecule has 0 aromatic heterocycles. The van der Waals surface area contributed by atoms with Crippen LogP contribution in [-0.2, 0) is 16.1 Å². The first kappa shape index (κ1) is 12.6. The Labute approximate surface area is 112 Å². The van der Waals surface area contributed by atoms with Crippen LogP contribution in [0.15, 0.2) is 30.3 Å². The Kier molecular flexibility index (Phi) is 3.50. The first-order chi connectivity index (χ1) is 9.28. The van der Waals surface area contributed by atoms with Crippen molar-refractivity contribution in [3.05, 3.63) is 35.9 Å². The second-order valence-electron chi connectivity index (χ2n) is 5.30. The molecule has 2 saturated heterocycles. The van der Waals surface area contributed by atoms with Crippen LogP contribution in [0.3, 0.4) is 0 Å². The first-order valence-electron chi connectivity index (χ1n) is 6.71. The number of nitrogens with two attached hydrogens (primary N) is 1. The molecule has 102 valence electrons. The summed E-state index contributed by atoms with van der Waals surface area (Å²) in [4.78, 5) is 19.3. The van der Waals surface area contributed by atoms with Gasteiger partial charge >= 0.3 is 0 Å². The fourth-order valence-electron chi connectivity index (χ4n) is 3.04. The quantitative estimate of drug-likeness (QED) is 0.752. The molecule has 1 aromatic rings. The van der Waals surface area contributed by atoms with Crippen molar-refractivity contribution in [3.63, 3.8) is 0 Å². The lowest BCUT2D eigenvalue weighted by atomic mass is 10.1. The van der Waals surface area contributed by atoms with E-state index in [1.165, 1.54) is 0 Å². The Morgan fingerprint density at radius 3 is 2.84 bits per heavy atom. The third kappa shape index (κ3) is 2.49. The molecule has 2 aliphatic rings. The average Bonchev–Trinajstić information content (AvgIpc) is 3.08. The highest BCUT2D eigenvalue weighted by Crippen LogP contribution is 2.24. The lowest BCUT2D eigenvalue weighted by Gasteiger charge is -2.30. The summed E-state index contributed by atoms with van der Waals surface area (Å²) in [6, 6.07) is 10.6. The van der Waals surface area contributed by atoms with Gasteiger partial charge in [-0.1, -0.05) is 30.3 Å². The highest BCUT2D eigenvalue weighted by atomic mass is 16.6. The molecule has 0 spiro atoms. The van der Waals surface area contributed by atoms with E-state index in [1.54, 1.807) is 0 Å². The van der Waals surface area contributed by atoms with E-state index in [0.29, 0.717) is 18.5 Å². The molecule has 2 fully saturated rings. The number of nitrogens with zero attached hydrogens (tertiary/aromatic N) is 1. The number of nitrogens with one attached hydrogen (secondary N) is 1. The van der Waals surface area contributed by atoms with Crippen molar-refractivity contribution >= 4 is 5.91 Å². The molecule has 0 aliphatic carbocycles. The van der Waals surface area contributed by atoms with Crippen LogP contribution in [0.25, 0.3) is 0 Å². The number of amides is 1. The SMILES string of the molecule is NOC(Cc1ccccc1)C(=O)N1C[C@@H]2C[C@H]1CN2. The Balaban J connectivity index is 1.67. The summed E-state index contributed by atoms with van der Waals surface area (Å²) in [6.07, 6.45) is 0.994. The van der Waals surface area contributed by atoms with Crippen molar-refractivity contribution in [2.45, 2.75) is 31.0 Å². The highest BCUT2D eigenvalue weighted by Gasteiger charge is 2.42. The van der Waals surface area contributed by atoms with E-state index in [9.17, 15) is 4.79 Å². The molecule has 2 heterocycles. The minimum Gasteiger partial charge on any atom is -0.334 e. The number of fused-ring (bicyclic) bond motifs is 2. The molecule has 1 unspecified atom stereocenters. The predicted molar refractivity (Wildman–Crippen MR) is 71.1 cm³/mol. The fourth-order valence-corrected chi connectivity index (χ4v) is 3.04. The zero-order valence-corrected chi connectivity index (χ0v) is 10.8. The van der Waals surface area contributed by atoms with Gasteiger partial charge in [-0.3, -0.25) is 9.63 Å². The van der Waals surface area contributed by atoms with E-state index in [-0.39, 0.29) is 5.91 Å². The van der Waals surface area contributed by atoms with Crippen molar-refractivity contribution in [3.8, 4) is 0 Å². The number of hydrogen-bond donors (Lipinski definition) is 2. The topological polar surface area (TPSA) is 67.6 Å². The molecular formula is C14H19N3O2. The Morgan fingerprint density at radius 1 is 1.47 bits per heavy atom. The molecule has 5 heteroatoms. The molecule has 19 heavy (non-hydrogen) atoms. The highest BCUT2D eigenvalue weighted by molar-refractivity contribution is 5.82. The lowest BCUT2D eigenvalue weighted by Crippen LogP contribution is -2.51. The lowest BCUT2D eigenvalue weighted by molar-refractivity contribution is -0.145. The van der Waals surface area contributed by atoms with Gasteiger partial charge in [0.05, 0.1) is 0 Å². The molecular weight excluding hydrogens is 242 g/mol. The molecule has 1 amide bonds. The number of carbonyl (C=O) groups is 1. The van der Waals surface area contributed by atoms with Crippen LogP contribution < -0.4 is 11.2 Å². The first-order valence-corrected chi connectivity index (χ1v) is 6.71. The van der Waals surface area contributed by atoms with Crippen molar-refractivity contribution < 1.29 is 9.63 Å². The number of hydrogen-bond acceptors (Lipinski definition) is 4. The largest absolute Gasteiger partial charge is 0.334 e. The van der Waals surface area contributed by atoms with E-state index in [2.05, 4.69) is 5.32 Å². The van der Waals surface area contributed by atoms with Gasteiger partial charge in [0.2, 0.25) is 0 Å².